The number of nitrogens with zero attached hydrogens (tertiary/aromatic N) is 1. The van der Waals surface area contributed by atoms with Crippen molar-refractivity contribution < 1.29 is 5.11 Å². The Labute approximate surface area is 82.2 Å². The summed E-state index contributed by atoms with van der Waals surface area (Å²) in [7, 11) is 1.86. The van der Waals surface area contributed by atoms with Crippen LogP contribution in [0.5, 0.6) is 5.88 Å². The van der Waals surface area contributed by atoms with E-state index >= 15 is 0 Å². The van der Waals surface area contributed by atoms with Gasteiger partial charge in [-0.25, -0.2) is 4.98 Å². The Kier molecular flexibility index (Phi) is 3.64. The zero-order chi connectivity index (χ0) is 10.6. The highest BCUT2D eigenvalue weighted by Gasteiger charge is 2.04. The number of hydrogen-bond donors (Lipinski definition) is 3. The van der Waals surface area contributed by atoms with Gasteiger partial charge in [0, 0.05) is 6.42 Å². The number of hydrogen-bond acceptors (Lipinski definition) is 4. The van der Waals surface area contributed by atoms with Gasteiger partial charge in [-0.05, 0) is 26.9 Å². The van der Waals surface area contributed by atoms with Crippen LogP contribution in [0.25, 0.3) is 0 Å². The van der Waals surface area contributed by atoms with Gasteiger partial charge in [0.25, 0.3) is 5.56 Å². The van der Waals surface area contributed by atoms with Gasteiger partial charge in [0.05, 0.1) is 5.56 Å². The summed E-state index contributed by atoms with van der Waals surface area (Å²) in [6, 6.07) is 0. The fourth-order valence-corrected chi connectivity index (χ4v) is 1.12. The Balaban J connectivity index is 2.75. The standard InChI is InChI=1S/C9H15N3O2/c1-6-8(13)11-7(12-9(6)14)4-3-5-10-2/h10H,3-5H2,1-2H3,(H2,11,12,13,14). The molecule has 3 N–H and O–H groups in total. The third kappa shape index (κ3) is 2.56. The second kappa shape index (κ2) is 4.76. The molecule has 0 spiro atoms. The van der Waals surface area contributed by atoms with Gasteiger partial charge in [-0.3, -0.25) is 4.79 Å². The van der Waals surface area contributed by atoms with Crippen LogP contribution in [0.1, 0.15) is 17.8 Å². The van der Waals surface area contributed by atoms with Crippen LogP contribution < -0.4 is 10.9 Å². The molecule has 0 fully saturated rings. The Bertz CT molecular complexity index is 360. The fourth-order valence-electron chi connectivity index (χ4n) is 1.12. The van der Waals surface area contributed by atoms with Crippen molar-refractivity contribution in [1.29, 1.82) is 0 Å². The summed E-state index contributed by atoms with van der Waals surface area (Å²) in [5, 5.41) is 12.3. The van der Waals surface area contributed by atoms with Gasteiger partial charge in [-0.1, -0.05) is 0 Å². The number of aromatic hydroxyl groups is 1. The van der Waals surface area contributed by atoms with Crippen LogP contribution in [0, 0.1) is 6.92 Å². The van der Waals surface area contributed by atoms with E-state index < -0.39 is 0 Å². The molecular formula is C9H15N3O2. The van der Waals surface area contributed by atoms with Crippen molar-refractivity contribution in [2.45, 2.75) is 19.8 Å². The summed E-state index contributed by atoms with van der Waals surface area (Å²) in [5.74, 6) is 0.363. The van der Waals surface area contributed by atoms with Crippen molar-refractivity contribution in [3.8, 4) is 5.88 Å². The lowest BCUT2D eigenvalue weighted by Gasteiger charge is -2.02. The van der Waals surface area contributed by atoms with E-state index in [9.17, 15) is 9.90 Å². The molecule has 0 aliphatic carbocycles. The maximum atomic E-state index is 11.2. The van der Waals surface area contributed by atoms with Gasteiger partial charge in [0.1, 0.15) is 5.82 Å². The lowest BCUT2D eigenvalue weighted by molar-refractivity contribution is 0.442. The summed E-state index contributed by atoms with van der Waals surface area (Å²) >= 11 is 0. The van der Waals surface area contributed by atoms with Crippen LogP contribution in [0.4, 0.5) is 0 Å². The number of H-pyrrole nitrogens is 1. The van der Waals surface area contributed by atoms with Crippen molar-refractivity contribution in [3.63, 3.8) is 0 Å². The first-order valence-corrected chi connectivity index (χ1v) is 4.58. The fraction of sp³-hybridized carbons (Fsp3) is 0.556. The first kappa shape index (κ1) is 10.7. The first-order chi connectivity index (χ1) is 6.65. The lowest BCUT2D eigenvalue weighted by atomic mass is 10.3. The van der Waals surface area contributed by atoms with Gasteiger partial charge in [0.2, 0.25) is 5.88 Å². The molecule has 1 aromatic heterocycles. The maximum Gasteiger partial charge on any atom is 0.257 e. The average molecular weight is 197 g/mol. The summed E-state index contributed by atoms with van der Waals surface area (Å²) in [6.45, 7) is 2.40. The number of aryl methyl sites for hydroxylation is 1. The Hall–Kier alpha value is -1.36. The molecule has 0 unspecified atom stereocenters. The molecule has 0 aliphatic heterocycles. The SMILES string of the molecule is CNCCCc1nc(O)c(C)c(=O)[nH]1. The predicted molar refractivity (Wildman–Crippen MR) is 53.5 cm³/mol. The zero-order valence-corrected chi connectivity index (χ0v) is 8.42. The van der Waals surface area contributed by atoms with Crippen LogP contribution in [-0.4, -0.2) is 28.7 Å². The minimum atomic E-state index is -0.267. The molecule has 0 aromatic carbocycles. The molecular weight excluding hydrogens is 182 g/mol. The number of aromatic amines is 1. The van der Waals surface area contributed by atoms with Crippen LogP contribution in [0.3, 0.4) is 0 Å². The van der Waals surface area contributed by atoms with Crippen molar-refractivity contribution in [1.82, 2.24) is 15.3 Å². The van der Waals surface area contributed by atoms with E-state index in [2.05, 4.69) is 15.3 Å². The minimum absolute atomic E-state index is 0.173. The summed E-state index contributed by atoms with van der Waals surface area (Å²) < 4.78 is 0. The zero-order valence-electron chi connectivity index (χ0n) is 8.42. The molecule has 5 heteroatoms. The molecule has 0 saturated heterocycles. The van der Waals surface area contributed by atoms with Gasteiger partial charge in [-0.15, -0.1) is 0 Å². The Morgan fingerprint density at radius 2 is 2.29 bits per heavy atom. The van der Waals surface area contributed by atoms with Gasteiger partial charge in [-0.2, -0.15) is 0 Å². The van der Waals surface area contributed by atoms with E-state index in [-0.39, 0.29) is 17.0 Å². The van der Waals surface area contributed by atoms with Crippen molar-refractivity contribution in [2.24, 2.45) is 0 Å². The molecule has 0 amide bonds. The number of rotatable bonds is 4. The molecule has 0 aliphatic rings. The van der Waals surface area contributed by atoms with Crippen LogP contribution in [0.2, 0.25) is 0 Å². The molecule has 1 rings (SSSR count). The van der Waals surface area contributed by atoms with Crippen LogP contribution in [0.15, 0.2) is 4.79 Å². The van der Waals surface area contributed by atoms with E-state index in [1.165, 1.54) is 0 Å². The summed E-state index contributed by atoms with van der Waals surface area (Å²) in [6.07, 6.45) is 1.53. The quantitative estimate of drug-likeness (QED) is 0.591. The number of nitrogens with one attached hydrogen (secondary N) is 2. The monoisotopic (exact) mass is 197 g/mol. The van der Waals surface area contributed by atoms with Crippen molar-refractivity contribution in [2.75, 3.05) is 13.6 Å². The smallest absolute Gasteiger partial charge is 0.257 e. The van der Waals surface area contributed by atoms with Crippen LogP contribution >= 0.6 is 0 Å². The highest BCUT2D eigenvalue weighted by Crippen LogP contribution is 2.06. The van der Waals surface area contributed by atoms with E-state index in [4.69, 9.17) is 0 Å². The van der Waals surface area contributed by atoms with E-state index in [1.807, 2.05) is 7.05 Å². The Morgan fingerprint density at radius 1 is 1.57 bits per heavy atom. The highest BCUT2D eigenvalue weighted by molar-refractivity contribution is 5.20. The highest BCUT2D eigenvalue weighted by atomic mass is 16.3. The molecule has 0 saturated carbocycles. The van der Waals surface area contributed by atoms with E-state index in [1.54, 1.807) is 6.92 Å². The average Bonchev–Trinajstić information content (AvgIpc) is 2.14. The van der Waals surface area contributed by atoms with Gasteiger partial charge in [0.15, 0.2) is 0 Å². The van der Waals surface area contributed by atoms with Crippen LogP contribution in [-0.2, 0) is 6.42 Å². The second-order valence-electron chi connectivity index (χ2n) is 3.17. The van der Waals surface area contributed by atoms with E-state index in [0.29, 0.717) is 12.2 Å². The summed E-state index contributed by atoms with van der Waals surface area (Å²) in [5.41, 5.74) is -0.000626. The van der Waals surface area contributed by atoms with Crippen molar-refractivity contribution >= 4 is 0 Å². The maximum absolute atomic E-state index is 11.2. The molecule has 0 atom stereocenters. The summed E-state index contributed by atoms with van der Waals surface area (Å²) in [4.78, 5) is 17.7. The molecule has 0 bridgehead atoms. The molecule has 1 heterocycles. The lowest BCUT2D eigenvalue weighted by Crippen LogP contribution is -2.16. The second-order valence-corrected chi connectivity index (χ2v) is 3.17. The first-order valence-electron chi connectivity index (χ1n) is 4.58. The topological polar surface area (TPSA) is 78.0 Å². The largest absolute Gasteiger partial charge is 0.493 e. The number of aromatic nitrogens is 2. The Morgan fingerprint density at radius 3 is 2.86 bits per heavy atom. The third-order valence-electron chi connectivity index (χ3n) is 2.02. The minimum Gasteiger partial charge on any atom is -0.493 e. The normalized spacial score (nSPS) is 10.4. The molecule has 78 valence electrons. The predicted octanol–water partition coefficient (Wildman–Crippen LogP) is -0.0641. The molecule has 14 heavy (non-hydrogen) atoms. The molecule has 5 nitrogen and oxygen atoms in total. The molecule has 1 aromatic rings. The van der Waals surface area contributed by atoms with Gasteiger partial charge >= 0.3 is 0 Å². The van der Waals surface area contributed by atoms with Gasteiger partial charge < -0.3 is 15.4 Å². The van der Waals surface area contributed by atoms with Crippen molar-refractivity contribution in [3.05, 3.63) is 21.7 Å². The van der Waals surface area contributed by atoms with E-state index in [0.717, 1.165) is 13.0 Å². The molecule has 0 radical (unpaired) electrons. The third-order valence-corrected chi connectivity index (χ3v) is 2.02.